The van der Waals surface area contributed by atoms with Crippen LogP contribution >= 0.6 is 0 Å². The van der Waals surface area contributed by atoms with Crippen molar-refractivity contribution in [3.05, 3.63) is 29.8 Å². The van der Waals surface area contributed by atoms with Crippen molar-refractivity contribution < 1.29 is 14.6 Å². The van der Waals surface area contributed by atoms with Crippen molar-refractivity contribution in [3.63, 3.8) is 0 Å². The fourth-order valence-electron chi connectivity index (χ4n) is 1.49. The van der Waals surface area contributed by atoms with Gasteiger partial charge in [0.25, 0.3) is 0 Å². The first kappa shape index (κ1) is 8.10. The van der Waals surface area contributed by atoms with Crippen LogP contribution in [0.4, 0.5) is 0 Å². The van der Waals surface area contributed by atoms with Crippen LogP contribution in [0.2, 0.25) is 0 Å². The van der Waals surface area contributed by atoms with E-state index in [1.807, 2.05) is 18.2 Å². The summed E-state index contributed by atoms with van der Waals surface area (Å²) in [4.78, 5) is 10.5. The molecule has 0 saturated heterocycles. The molecule has 1 aliphatic heterocycles. The maximum atomic E-state index is 10.5. The number of carboxylic acid groups (broad SMARTS) is 1. The Bertz CT molecular complexity index is 333. The minimum atomic E-state index is -1.13. The summed E-state index contributed by atoms with van der Waals surface area (Å²) >= 11 is 0. The molecule has 1 heterocycles. The van der Waals surface area contributed by atoms with Crippen LogP contribution in [-0.4, -0.2) is 12.1 Å². The summed E-state index contributed by atoms with van der Waals surface area (Å²) in [5.74, 6) is -0.461. The van der Waals surface area contributed by atoms with Gasteiger partial charge in [-0.25, -0.2) is 0 Å². The Morgan fingerprint density at radius 3 is 3.00 bits per heavy atom. The van der Waals surface area contributed by atoms with Crippen molar-refractivity contribution in [2.24, 2.45) is 0 Å². The summed E-state index contributed by atoms with van der Waals surface area (Å²) in [5.41, 5.74) is 1.07. The second-order valence-electron chi connectivity index (χ2n) is 3.07. The van der Waals surface area contributed by atoms with E-state index >= 15 is 0 Å². The van der Waals surface area contributed by atoms with Gasteiger partial charge in [-0.05, 0) is 24.5 Å². The zero-order valence-electron chi connectivity index (χ0n) is 7.03. The van der Waals surface area contributed by atoms with Gasteiger partial charge in [0, 0.05) is 0 Å². The highest BCUT2D eigenvalue weighted by Gasteiger charge is 2.19. The van der Waals surface area contributed by atoms with Crippen LogP contribution in [0.25, 0.3) is 0 Å². The van der Waals surface area contributed by atoms with E-state index in [0.29, 0.717) is 12.2 Å². The van der Waals surface area contributed by atoms with Gasteiger partial charge in [0.1, 0.15) is 11.9 Å². The van der Waals surface area contributed by atoms with E-state index in [2.05, 4.69) is 0 Å². The SMILES string of the molecule is O=C([O-])[C@H]1CCc2ccccc2O1. The number of hydrogen-bond acceptors (Lipinski definition) is 3. The molecule has 0 saturated carbocycles. The average molecular weight is 177 g/mol. The monoisotopic (exact) mass is 177 g/mol. The standard InChI is InChI=1S/C10H10O3/c11-10(12)9-6-5-7-3-1-2-4-8(7)13-9/h1-4,9H,5-6H2,(H,11,12)/p-1/t9-/m1/s1. The van der Waals surface area contributed by atoms with Crippen molar-refractivity contribution in [1.82, 2.24) is 0 Å². The molecular formula is C10H9O3-. The maximum Gasteiger partial charge on any atom is 0.138 e. The molecule has 3 heteroatoms. The summed E-state index contributed by atoms with van der Waals surface area (Å²) in [5, 5.41) is 10.5. The molecule has 0 fully saturated rings. The normalized spacial score (nSPS) is 20.2. The van der Waals surface area contributed by atoms with Crippen molar-refractivity contribution >= 4 is 5.97 Å². The summed E-state index contributed by atoms with van der Waals surface area (Å²) in [6.45, 7) is 0. The molecule has 68 valence electrons. The molecule has 0 unspecified atom stereocenters. The Morgan fingerprint density at radius 1 is 1.46 bits per heavy atom. The van der Waals surface area contributed by atoms with Crippen LogP contribution in [0.5, 0.6) is 5.75 Å². The number of hydrogen-bond donors (Lipinski definition) is 0. The largest absolute Gasteiger partial charge is 0.546 e. The molecule has 3 nitrogen and oxygen atoms in total. The van der Waals surface area contributed by atoms with Crippen LogP contribution in [0, 0.1) is 0 Å². The lowest BCUT2D eigenvalue weighted by Crippen LogP contribution is -2.41. The topological polar surface area (TPSA) is 49.4 Å². The first-order valence-electron chi connectivity index (χ1n) is 4.23. The number of ether oxygens (including phenoxy) is 1. The van der Waals surface area contributed by atoms with Crippen molar-refractivity contribution in [1.29, 1.82) is 0 Å². The van der Waals surface area contributed by atoms with E-state index in [0.717, 1.165) is 12.0 Å². The van der Waals surface area contributed by atoms with E-state index in [-0.39, 0.29) is 0 Å². The quantitative estimate of drug-likeness (QED) is 0.612. The number of para-hydroxylation sites is 1. The molecule has 1 aromatic carbocycles. The van der Waals surface area contributed by atoms with E-state index in [1.54, 1.807) is 6.07 Å². The number of carbonyl (C=O) groups is 1. The number of carboxylic acids is 1. The molecule has 1 atom stereocenters. The van der Waals surface area contributed by atoms with Gasteiger partial charge in [-0.3, -0.25) is 0 Å². The second-order valence-corrected chi connectivity index (χ2v) is 3.07. The Morgan fingerprint density at radius 2 is 2.23 bits per heavy atom. The van der Waals surface area contributed by atoms with E-state index in [1.165, 1.54) is 0 Å². The molecule has 0 aromatic heterocycles. The third-order valence-corrected chi connectivity index (χ3v) is 2.18. The van der Waals surface area contributed by atoms with Crippen molar-refractivity contribution in [2.45, 2.75) is 18.9 Å². The van der Waals surface area contributed by atoms with Gasteiger partial charge in [0.2, 0.25) is 0 Å². The van der Waals surface area contributed by atoms with Gasteiger partial charge in [0.15, 0.2) is 0 Å². The lowest BCUT2D eigenvalue weighted by molar-refractivity contribution is -0.314. The van der Waals surface area contributed by atoms with E-state index in [9.17, 15) is 9.90 Å². The maximum absolute atomic E-state index is 10.5. The fraction of sp³-hybridized carbons (Fsp3) is 0.300. The van der Waals surface area contributed by atoms with Gasteiger partial charge in [-0.1, -0.05) is 18.2 Å². The minimum absolute atomic E-state index is 0.499. The molecule has 13 heavy (non-hydrogen) atoms. The lowest BCUT2D eigenvalue weighted by atomic mass is 10.0. The summed E-state index contributed by atoms with van der Waals surface area (Å²) in [6, 6.07) is 7.48. The number of rotatable bonds is 1. The minimum Gasteiger partial charge on any atom is -0.546 e. The highest BCUT2D eigenvalue weighted by molar-refractivity contribution is 5.71. The smallest absolute Gasteiger partial charge is 0.138 e. The van der Waals surface area contributed by atoms with Crippen LogP contribution in [0.3, 0.4) is 0 Å². The third-order valence-electron chi connectivity index (χ3n) is 2.18. The predicted molar refractivity (Wildman–Crippen MR) is 44.2 cm³/mol. The molecule has 0 amide bonds. The molecule has 1 aliphatic rings. The zero-order chi connectivity index (χ0) is 9.26. The van der Waals surface area contributed by atoms with Gasteiger partial charge in [-0.15, -0.1) is 0 Å². The first-order chi connectivity index (χ1) is 6.27. The number of fused-ring (bicyclic) bond motifs is 1. The van der Waals surface area contributed by atoms with Gasteiger partial charge >= 0.3 is 0 Å². The zero-order valence-corrected chi connectivity index (χ0v) is 7.03. The molecule has 0 aliphatic carbocycles. The summed E-state index contributed by atoms with van der Waals surface area (Å²) < 4.78 is 5.23. The highest BCUT2D eigenvalue weighted by atomic mass is 16.5. The fourth-order valence-corrected chi connectivity index (χ4v) is 1.49. The molecule has 2 rings (SSSR count). The number of aliphatic carboxylic acids is 1. The second kappa shape index (κ2) is 3.09. The number of benzene rings is 1. The van der Waals surface area contributed by atoms with E-state index < -0.39 is 12.1 Å². The van der Waals surface area contributed by atoms with E-state index in [4.69, 9.17) is 4.74 Å². The van der Waals surface area contributed by atoms with Gasteiger partial charge in [0.05, 0.1) is 5.97 Å². The Labute approximate surface area is 76.0 Å². The van der Waals surface area contributed by atoms with Gasteiger partial charge < -0.3 is 14.6 Å². The summed E-state index contributed by atoms with van der Waals surface area (Å²) in [7, 11) is 0. The third kappa shape index (κ3) is 1.49. The first-order valence-corrected chi connectivity index (χ1v) is 4.23. The Balaban J connectivity index is 2.24. The summed E-state index contributed by atoms with van der Waals surface area (Å²) in [6.07, 6.45) is 0.462. The molecule has 0 bridgehead atoms. The van der Waals surface area contributed by atoms with Crippen LogP contribution < -0.4 is 9.84 Å². The van der Waals surface area contributed by atoms with Crippen LogP contribution in [0.15, 0.2) is 24.3 Å². The molecule has 0 N–H and O–H groups in total. The molecule has 1 aromatic rings. The molecule has 0 spiro atoms. The number of aryl methyl sites for hydroxylation is 1. The number of carbonyl (C=O) groups excluding carboxylic acids is 1. The lowest BCUT2D eigenvalue weighted by Gasteiger charge is -2.26. The highest BCUT2D eigenvalue weighted by Crippen LogP contribution is 2.26. The van der Waals surface area contributed by atoms with Crippen molar-refractivity contribution in [2.75, 3.05) is 0 Å². The van der Waals surface area contributed by atoms with Crippen LogP contribution in [0.1, 0.15) is 12.0 Å². The van der Waals surface area contributed by atoms with Gasteiger partial charge in [-0.2, -0.15) is 0 Å². The van der Waals surface area contributed by atoms with Crippen LogP contribution in [-0.2, 0) is 11.2 Å². The predicted octanol–water partition coefficient (Wildman–Crippen LogP) is 0.130. The Kier molecular flexibility index (Phi) is 1.93. The van der Waals surface area contributed by atoms with Crippen molar-refractivity contribution in [3.8, 4) is 5.75 Å². The molecular weight excluding hydrogens is 168 g/mol. The molecule has 0 radical (unpaired) electrons. The Hall–Kier alpha value is -1.51. The average Bonchev–Trinajstić information content (AvgIpc) is 2.17.